The molecule has 12 heavy (non-hydrogen) atoms. The second kappa shape index (κ2) is 3.09. The van der Waals surface area contributed by atoms with E-state index in [0.29, 0.717) is 5.82 Å². The predicted molar refractivity (Wildman–Crippen MR) is 44.1 cm³/mol. The van der Waals surface area contributed by atoms with Gasteiger partial charge >= 0.3 is 0 Å². The van der Waals surface area contributed by atoms with E-state index in [9.17, 15) is 0 Å². The fraction of sp³-hybridized carbons (Fsp3) is 0. The van der Waals surface area contributed by atoms with Crippen LogP contribution in [0.5, 0.6) is 0 Å². The van der Waals surface area contributed by atoms with Gasteiger partial charge in [0, 0.05) is 18.6 Å². The standard InChI is InChI=1S/C9H6N3/c1-2-5-10-8(4-1)9-11-6-3-7-12-9/h2-7H. The lowest BCUT2D eigenvalue weighted by atomic mass is 10.3. The molecule has 57 valence electrons. The summed E-state index contributed by atoms with van der Waals surface area (Å²) in [5.41, 5.74) is 0.748. The monoisotopic (exact) mass is 156 g/mol. The van der Waals surface area contributed by atoms with Crippen LogP contribution in [0.1, 0.15) is 0 Å². The average molecular weight is 156 g/mol. The molecule has 1 radical (unpaired) electrons. The Hall–Kier alpha value is -1.77. The van der Waals surface area contributed by atoms with E-state index in [1.807, 2.05) is 0 Å². The molecule has 3 heteroatoms. The summed E-state index contributed by atoms with van der Waals surface area (Å²) >= 11 is 0. The molecule has 0 spiro atoms. The molecule has 2 heterocycles. The molecular formula is C9H6N3. The molecule has 3 nitrogen and oxygen atoms in total. The van der Waals surface area contributed by atoms with Crippen LogP contribution in [0, 0.1) is 6.07 Å². The minimum atomic E-state index is 0.634. The summed E-state index contributed by atoms with van der Waals surface area (Å²) in [4.78, 5) is 12.2. The van der Waals surface area contributed by atoms with Gasteiger partial charge in [0.15, 0.2) is 5.82 Å². The van der Waals surface area contributed by atoms with Crippen molar-refractivity contribution in [2.45, 2.75) is 0 Å². The van der Waals surface area contributed by atoms with Crippen LogP contribution in [0.2, 0.25) is 0 Å². The molecular weight excluding hydrogens is 150 g/mol. The van der Waals surface area contributed by atoms with Crippen LogP contribution in [0.4, 0.5) is 0 Å². The number of aromatic nitrogens is 3. The van der Waals surface area contributed by atoms with Crippen LogP contribution in [-0.4, -0.2) is 15.0 Å². The van der Waals surface area contributed by atoms with Gasteiger partial charge in [-0.05, 0) is 24.3 Å². The molecule has 0 saturated heterocycles. The third-order valence-corrected chi connectivity index (χ3v) is 1.40. The van der Waals surface area contributed by atoms with Gasteiger partial charge in [-0.2, -0.15) is 0 Å². The maximum atomic E-state index is 4.09. The Bertz CT molecular complexity index is 307. The van der Waals surface area contributed by atoms with Crippen LogP contribution in [-0.2, 0) is 0 Å². The molecule has 0 atom stereocenters. The van der Waals surface area contributed by atoms with Gasteiger partial charge in [-0.15, -0.1) is 0 Å². The number of pyridine rings is 1. The van der Waals surface area contributed by atoms with Crippen LogP contribution in [0.15, 0.2) is 36.8 Å². The minimum absolute atomic E-state index is 0.634. The lowest BCUT2D eigenvalue weighted by Crippen LogP contribution is -1.88. The molecule has 0 unspecified atom stereocenters. The minimum Gasteiger partial charge on any atom is -0.253 e. The summed E-state index contributed by atoms with van der Waals surface area (Å²) in [7, 11) is 0. The largest absolute Gasteiger partial charge is 0.253 e. The van der Waals surface area contributed by atoms with Crippen molar-refractivity contribution in [1.82, 2.24) is 15.0 Å². The lowest BCUT2D eigenvalue weighted by Gasteiger charge is -1.94. The number of nitrogens with zero attached hydrogens (tertiary/aromatic N) is 3. The van der Waals surface area contributed by atoms with Crippen molar-refractivity contribution >= 4 is 0 Å². The molecule has 0 fully saturated rings. The van der Waals surface area contributed by atoms with Crippen molar-refractivity contribution in [1.29, 1.82) is 0 Å². The van der Waals surface area contributed by atoms with E-state index >= 15 is 0 Å². The number of hydrogen-bond donors (Lipinski definition) is 0. The number of rotatable bonds is 1. The Morgan fingerprint density at radius 2 is 1.83 bits per heavy atom. The quantitative estimate of drug-likeness (QED) is 0.625. The fourth-order valence-electron chi connectivity index (χ4n) is 0.879. The Kier molecular flexibility index (Phi) is 1.78. The van der Waals surface area contributed by atoms with Crippen molar-refractivity contribution in [3.63, 3.8) is 0 Å². The summed E-state index contributed by atoms with van der Waals surface area (Å²) < 4.78 is 0. The van der Waals surface area contributed by atoms with Gasteiger partial charge in [0.25, 0.3) is 0 Å². The molecule has 0 aliphatic heterocycles. The molecule has 0 amide bonds. The van der Waals surface area contributed by atoms with Gasteiger partial charge < -0.3 is 0 Å². The summed E-state index contributed by atoms with van der Waals surface area (Å²) in [6.07, 6.45) is 5.06. The normalized spacial score (nSPS) is 9.67. The molecule has 0 aliphatic rings. The summed E-state index contributed by atoms with van der Waals surface area (Å²) in [6.45, 7) is 0. The second-order valence-corrected chi connectivity index (χ2v) is 2.21. The highest BCUT2D eigenvalue weighted by molar-refractivity contribution is 5.46. The lowest BCUT2D eigenvalue weighted by molar-refractivity contribution is 1.14. The van der Waals surface area contributed by atoms with Crippen molar-refractivity contribution in [3.05, 3.63) is 42.9 Å². The van der Waals surface area contributed by atoms with Crippen molar-refractivity contribution < 1.29 is 0 Å². The Morgan fingerprint density at radius 3 is 2.50 bits per heavy atom. The smallest absolute Gasteiger partial charge is 0.178 e. The fourth-order valence-corrected chi connectivity index (χ4v) is 0.879. The predicted octanol–water partition coefficient (Wildman–Crippen LogP) is 1.34. The van der Waals surface area contributed by atoms with Gasteiger partial charge in [0.2, 0.25) is 0 Å². The van der Waals surface area contributed by atoms with Gasteiger partial charge in [-0.25, -0.2) is 9.97 Å². The molecule has 0 aromatic carbocycles. The topological polar surface area (TPSA) is 38.7 Å². The molecule has 2 aromatic rings. The molecule has 0 N–H and O–H groups in total. The maximum Gasteiger partial charge on any atom is 0.178 e. The molecule has 2 rings (SSSR count). The maximum absolute atomic E-state index is 4.09. The van der Waals surface area contributed by atoms with E-state index in [-0.39, 0.29) is 0 Å². The van der Waals surface area contributed by atoms with E-state index < -0.39 is 0 Å². The van der Waals surface area contributed by atoms with E-state index in [1.54, 1.807) is 36.8 Å². The van der Waals surface area contributed by atoms with Crippen molar-refractivity contribution in [3.8, 4) is 11.5 Å². The van der Waals surface area contributed by atoms with E-state index in [4.69, 9.17) is 0 Å². The van der Waals surface area contributed by atoms with Crippen LogP contribution in [0.25, 0.3) is 11.5 Å². The van der Waals surface area contributed by atoms with Crippen molar-refractivity contribution in [2.24, 2.45) is 0 Å². The van der Waals surface area contributed by atoms with Crippen LogP contribution in [0.3, 0.4) is 0 Å². The summed E-state index contributed by atoms with van der Waals surface area (Å²) in [5, 5.41) is 0. The molecule has 0 aliphatic carbocycles. The number of hydrogen-bond acceptors (Lipinski definition) is 3. The average Bonchev–Trinajstić information content (AvgIpc) is 2.21. The second-order valence-electron chi connectivity index (χ2n) is 2.21. The van der Waals surface area contributed by atoms with E-state index in [1.165, 1.54) is 0 Å². The third-order valence-electron chi connectivity index (χ3n) is 1.40. The third kappa shape index (κ3) is 1.29. The SMILES string of the molecule is [c]1ccnc(-c2ncccn2)c1. The van der Waals surface area contributed by atoms with Gasteiger partial charge in [0.05, 0.1) is 0 Å². The Balaban J connectivity index is 2.46. The molecule has 0 bridgehead atoms. The highest BCUT2D eigenvalue weighted by Gasteiger charge is 1.97. The van der Waals surface area contributed by atoms with Gasteiger partial charge in [-0.3, -0.25) is 4.98 Å². The van der Waals surface area contributed by atoms with E-state index in [2.05, 4.69) is 21.0 Å². The molecule has 0 saturated carbocycles. The van der Waals surface area contributed by atoms with E-state index in [0.717, 1.165) is 5.69 Å². The first-order valence-corrected chi connectivity index (χ1v) is 3.56. The highest BCUT2D eigenvalue weighted by atomic mass is 14.9. The first kappa shape index (κ1) is 6.91. The van der Waals surface area contributed by atoms with Crippen molar-refractivity contribution in [2.75, 3.05) is 0 Å². The first-order valence-electron chi connectivity index (χ1n) is 3.56. The Morgan fingerprint density at radius 1 is 1.00 bits per heavy atom. The van der Waals surface area contributed by atoms with Crippen LogP contribution >= 0.6 is 0 Å². The Labute approximate surface area is 70.1 Å². The zero-order valence-electron chi connectivity index (χ0n) is 6.31. The molecule has 2 aromatic heterocycles. The van der Waals surface area contributed by atoms with Gasteiger partial charge in [0.1, 0.15) is 5.69 Å². The highest BCUT2D eigenvalue weighted by Crippen LogP contribution is 2.07. The zero-order valence-corrected chi connectivity index (χ0v) is 6.31. The summed E-state index contributed by atoms with van der Waals surface area (Å²) in [5.74, 6) is 0.634. The zero-order chi connectivity index (χ0) is 8.23. The summed E-state index contributed by atoms with van der Waals surface area (Å²) in [6, 6.07) is 8.19. The van der Waals surface area contributed by atoms with Crippen LogP contribution < -0.4 is 0 Å². The van der Waals surface area contributed by atoms with Gasteiger partial charge in [-0.1, -0.05) is 0 Å². The first-order chi connectivity index (χ1) is 5.97.